The number of rotatable bonds is 6. The van der Waals surface area contributed by atoms with Gasteiger partial charge in [-0.25, -0.2) is 0 Å². The number of Topliss-reactive ketones (excluding diaryl/α,β-unsaturated/α-hetero) is 1. The molecule has 0 saturated carbocycles. The van der Waals surface area contributed by atoms with Gasteiger partial charge in [0.05, 0.1) is 0 Å². The van der Waals surface area contributed by atoms with Crippen LogP contribution in [-0.2, 0) is 11.2 Å². The van der Waals surface area contributed by atoms with Crippen LogP contribution in [0.3, 0.4) is 0 Å². The molecule has 0 bridgehead atoms. The minimum Gasteiger partial charge on any atom is -0.351 e. The SMILES string of the molecule is CC(=O)Cc1ccccc1C(=O)NCCN1CCCCC1. The predicted molar refractivity (Wildman–Crippen MR) is 83.5 cm³/mol. The van der Waals surface area contributed by atoms with Gasteiger partial charge in [-0.15, -0.1) is 0 Å². The molecular formula is C17H24N2O2. The average molecular weight is 288 g/mol. The highest BCUT2D eigenvalue weighted by Crippen LogP contribution is 2.10. The first-order valence-corrected chi connectivity index (χ1v) is 7.74. The maximum absolute atomic E-state index is 12.2. The van der Waals surface area contributed by atoms with Crippen molar-refractivity contribution in [2.24, 2.45) is 0 Å². The summed E-state index contributed by atoms with van der Waals surface area (Å²) >= 11 is 0. The summed E-state index contributed by atoms with van der Waals surface area (Å²) in [6.07, 6.45) is 4.15. The lowest BCUT2D eigenvalue weighted by molar-refractivity contribution is -0.116. The number of likely N-dealkylation sites (tertiary alicyclic amines) is 1. The van der Waals surface area contributed by atoms with E-state index in [9.17, 15) is 9.59 Å². The number of nitrogens with one attached hydrogen (secondary N) is 1. The predicted octanol–water partition coefficient (Wildman–Crippen LogP) is 2.03. The number of nitrogens with zero attached hydrogens (tertiary/aromatic N) is 1. The van der Waals surface area contributed by atoms with Gasteiger partial charge in [-0.05, 0) is 44.5 Å². The highest BCUT2D eigenvalue weighted by atomic mass is 16.1. The number of carbonyl (C=O) groups excluding carboxylic acids is 2. The molecule has 1 aliphatic rings. The maximum atomic E-state index is 12.2. The largest absolute Gasteiger partial charge is 0.351 e. The number of amides is 1. The van der Waals surface area contributed by atoms with Gasteiger partial charge in [0, 0.05) is 25.1 Å². The molecule has 1 N–H and O–H groups in total. The fraction of sp³-hybridized carbons (Fsp3) is 0.529. The van der Waals surface area contributed by atoms with Crippen LogP contribution < -0.4 is 5.32 Å². The van der Waals surface area contributed by atoms with E-state index in [0.717, 1.165) is 25.2 Å². The summed E-state index contributed by atoms with van der Waals surface area (Å²) < 4.78 is 0. The highest BCUT2D eigenvalue weighted by Gasteiger charge is 2.13. The Bertz CT molecular complexity index is 493. The minimum atomic E-state index is -0.0798. The number of piperidine rings is 1. The van der Waals surface area contributed by atoms with Crippen molar-refractivity contribution in [2.75, 3.05) is 26.2 Å². The molecule has 4 nitrogen and oxygen atoms in total. The van der Waals surface area contributed by atoms with Crippen LogP contribution in [0.25, 0.3) is 0 Å². The first-order chi connectivity index (χ1) is 10.2. The molecule has 1 aromatic carbocycles. The van der Waals surface area contributed by atoms with E-state index in [4.69, 9.17) is 0 Å². The minimum absolute atomic E-state index is 0.0727. The van der Waals surface area contributed by atoms with Crippen LogP contribution >= 0.6 is 0 Å². The Hall–Kier alpha value is -1.68. The van der Waals surface area contributed by atoms with Gasteiger partial charge in [-0.3, -0.25) is 9.59 Å². The molecule has 1 saturated heterocycles. The summed E-state index contributed by atoms with van der Waals surface area (Å²) in [5.41, 5.74) is 1.42. The fourth-order valence-electron chi connectivity index (χ4n) is 2.77. The van der Waals surface area contributed by atoms with Crippen LogP contribution in [0.4, 0.5) is 0 Å². The Morgan fingerprint density at radius 3 is 2.57 bits per heavy atom. The molecule has 2 rings (SSSR count). The van der Waals surface area contributed by atoms with Crippen LogP contribution in [-0.4, -0.2) is 42.8 Å². The molecule has 0 radical (unpaired) electrons. The number of ketones is 1. The summed E-state index contributed by atoms with van der Waals surface area (Å²) in [6.45, 7) is 5.38. The third kappa shape index (κ3) is 4.97. The zero-order valence-electron chi connectivity index (χ0n) is 12.7. The lowest BCUT2D eigenvalue weighted by Crippen LogP contribution is -2.37. The number of carbonyl (C=O) groups is 2. The van der Waals surface area contributed by atoms with E-state index < -0.39 is 0 Å². The van der Waals surface area contributed by atoms with Crippen molar-refractivity contribution >= 4 is 11.7 Å². The highest BCUT2D eigenvalue weighted by molar-refractivity contribution is 5.97. The third-order valence-corrected chi connectivity index (χ3v) is 3.86. The molecule has 1 aliphatic heterocycles. The number of hydrogen-bond acceptors (Lipinski definition) is 3. The first-order valence-electron chi connectivity index (χ1n) is 7.74. The van der Waals surface area contributed by atoms with Crippen LogP contribution in [0.1, 0.15) is 42.1 Å². The summed E-state index contributed by atoms with van der Waals surface area (Å²) in [4.78, 5) is 25.9. The lowest BCUT2D eigenvalue weighted by Gasteiger charge is -2.26. The van der Waals surface area contributed by atoms with E-state index in [-0.39, 0.29) is 11.7 Å². The second-order valence-electron chi connectivity index (χ2n) is 5.69. The molecule has 1 fully saturated rings. The van der Waals surface area contributed by atoms with Crippen molar-refractivity contribution in [3.63, 3.8) is 0 Å². The zero-order valence-corrected chi connectivity index (χ0v) is 12.7. The molecule has 4 heteroatoms. The molecule has 0 aliphatic carbocycles. The van der Waals surface area contributed by atoms with Crippen molar-refractivity contribution in [1.82, 2.24) is 10.2 Å². The van der Waals surface area contributed by atoms with Gasteiger partial charge in [-0.2, -0.15) is 0 Å². The molecule has 0 atom stereocenters. The van der Waals surface area contributed by atoms with E-state index in [1.807, 2.05) is 18.2 Å². The van der Waals surface area contributed by atoms with Crippen LogP contribution in [0.5, 0.6) is 0 Å². The van der Waals surface area contributed by atoms with Gasteiger partial charge in [0.25, 0.3) is 5.91 Å². The smallest absolute Gasteiger partial charge is 0.251 e. The van der Waals surface area contributed by atoms with Gasteiger partial charge in [0.15, 0.2) is 0 Å². The first kappa shape index (κ1) is 15.7. The monoisotopic (exact) mass is 288 g/mol. The molecular weight excluding hydrogens is 264 g/mol. The molecule has 0 spiro atoms. The fourth-order valence-corrected chi connectivity index (χ4v) is 2.77. The van der Waals surface area contributed by atoms with Crippen molar-refractivity contribution in [2.45, 2.75) is 32.6 Å². The molecule has 114 valence electrons. The quantitative estimate of drug-likeness (QED) is 0.871. The van der Waals surface area contributed by atoms with Crippen molar-refractivity contribution in [3.8, 4) is 0 Å². The van der Waals surface area contributed by atoms with E-state index in [1.165, 1.54) is 19.3 Å². The van der Waals surface area contributed by atoms with Crippen LogP contribution in [0, 0.1) is 0 Å². The summed E-state index contributed by atoms with van der Waals surface area (Å²) in [5.74, 6) is -0.00701. The van der Waals surface area contributed by atoms with Crippen LogP contribution in [0.2, 0.25) is 0 Å². The van der Waals surface area contributed by atoms with E-state index in [2.05, 4.69) is 10.2 Å². The summed E-state index contributed by atoms with van der Waals surface area (Å²) in [5, 5.41) is 2.97. The maximum Gasteiger partial charge on any atom is 0.251 e. The second kappa shape index (κ2) is 7.93. The Morgan fingerprint density at radius 1 is 1.14 bits per heavy atom. The lowest BCUT2D eigenvalue weighted by atomic mass is 10.0. The van der Waals surface area contributed by atoms with E-state index in [0.29, 0.717) is 18.5 Å². The molecule has 0 aromatic heterocycles. The van der Waals surface area contributed by atoms with E-state index >= 15 is 0 Å². The number of hydrogen-bond donors (Lipinski definition) is 1. The van der Waals surface area contributed by atoms with Gasteiger partial charge >= 0.3 is 0 Å². The second-order valence-corrected chi connectivity index (χ2v) is 5.69. The summed E-state index contributed by atoms with van der Waals surface area (Å²) in [7, 11) is 0. The molecule has 1 heterocycles. The molecule has 21 heavy (non-hydrogen) atoms. The van der Waals surface area contributed by atoms with E-state index in [1.54, 1.807) is 13.0 Å². The number of benzene rings is 1. The van der Waals surface area contributed by atoms with Crippen LogP contribution in [0.15, 0.2) is 24.3 Å². The Balaban J connectivity index is 1.86. The topological polar surface area (TPSA) is 49.4 Å². The Kier molecular flexibility index (Phi) is 5.93. The van der Waals surface area contributed by atoms with Crippen molar-refractivity contribution in [1.29, 1.82) is 0 Å². The van der Waals surface area contributed by atoms with Gasteiger partial charge < -0.3 is 10.2 Å². The molecule has 1 aromatic rings. The van der Waals surface area contributed by atoms with Gasteiger partial charge in [-0.1, -0.05) is 24.6 Å². The zero-order chi connectivity index (χ0) is 15.1. The molecule has 1 amide bonds. The van der Waals surface area contributed by atoms with Crippen molar-refractivity contribution < 1.29 is 9.59 Å². The standard InChI is InChI=1S/C17H24N2O2/c1-14(20)13-15-7-3-4-8-16(15)17(21)18-9-12-19-10-5-2-6-11-19/h3-4,7-8H,2,5-6,9-13H2,1H3,(H,18,21). The Labute approximate surface area is 126 Å². The Morgan fingerprint density at radius 2 is 1.86 bits per heavy atom. The third-order valence-electron chi connectivity index (χ3n) is 3.86. The van der Waals surface area contributed by atoms with Crippen molar-refractivity contribution in [3.05, 3.63) is 35.4 Å². The van der Waals surface area contributed by atoms with Gasteiger partial charge in [0.1, 0.15) is 5.78 Å². The summed E-state index contributed by atoms with van der Waals surface area (Å²) in [6, 6.07) is 7.33. The van der Waals surface area contributed by atoms with Gasteiger partial charge in [0.2, 0.25) is 0 Å². The molecule has 0 unspecified atom stereocenters. The average Bonchev–Trinajstić information content (AvgIpc) is 2.48. The normalized spacial score (nSPS) is 15.7.